The maximum absolute atomic E-state index is 13.0. The average Bonchev–Trinajstić information content (AvgIpc) is 2.60. The van der Waals surface area contributed by atoms with E-state index in [-0.39, 0.29) is 28.6 Å². The van der Waals surface area contributed by atoms with Gasteiger partial charge in [-0.15, -0.1) is 0 Å². The lowest BCUT2D eigenvalue weighted by Gasteiger charge is -2.15. The Balaban J connectivity index is 2.48. The van der Waals surface area contributed by atoms with E-state index in [2.05, 4.69) is 4.72 Å². The molecule has 0 heterocycles. The van der Waals surface area contributed by atoms with Gasteiger partial charge in [0.05, 0.1) is 16.0 Å². The van der Waals surface area contributed by atoms with Crippen LogP contribution in [0.3, 0.4) is 0 Å². The number of alkyl halides is 6. The second kappa shape index (κ2) is 8.26. The predicted octanol–water partition coefficient (Wildman–Crippen LogP) is 4.58. The second-order valence-corrected chi connectivity index (χ2v) is 7.99. The van der Waals surface area contributed by atoms with Crippen molar-refractivity contribution in [3.63, 3.8) is 0 Å². The van der Waals surface area contributed by atoms with E-state index in [1.54, 1.807) is 0 Å². The molecule has 5 nitrogen and oxygen atoms in total. The molecular formula is C18H16F6N2O3S. The number of anilines is 1. The molecule has 2 aromatic rings. The SMILES string of the molecule is CCNS(=O)(=O)c1ccc(C)c(C(=O)Nc2cc(C(F)(F)F)cc(C(F)(F)F)c2)c1. The molecule has 1 amide bonds. The van der Waals surface area contributed by atoms with Crippen molar-refractivity contribution in [1.82, 2.24) is 4.72 Å². The number of sulfonamides is 1. The van der Waals surface area contributed by atoms with Crippen LogP contribution >= 0.6 is 0 Å². The van der Waals surface area contributed by atoms with E-state index >= 15 is 0 Å². The Bertz CT molecular complexity index is 1030. The number of nitrogens with one attached hydrogen (secondary N) is 2. The lowest BCUT2D eigenvalue weighted by atomic mass is 10.1. The number of aryl methyl sites for hydroxylation is 1. The quantitative estimate of drug-likeness (QED) is 0.650. The third-order valence-corrected chi connectivity index (χ3v) is 5.49. The summed E-state index contributed by atoms with van der Waals surface area (Å²) in [6.45, 7) is 3.04. The monoisotopic (exact) mass is 454 g/mol. The fraction of sp³-hybridized carbons (Fsp3) is 0.278. The lowest BCUT2D eigenvalue weighted by molar-refractivity contribution is -0.143. The van der Waals surface area contributed by atoms with Crippen LogP contribution < -0.4 is 10.0 Å². The molecule has 2 N–H and O–H groups in total. The largest absolute Gasteiger partial charge is 0.416 e. The van der Waals surface area contributed by atoms with Gasteiger partial charge in [0.25, 0.3) is 5.91 Å². The Hall–Kier alpha value is -2.60. The maximum Gasteiger partial charge on any atom is 0.416 e. The Morgan fingerprint density at radius 1 is 0.933 bits per heavy atom. The minimum absolute atomic E-state index is 0.0650. The Kier molecular flexibility index (Phi) is 6.52. The first kappa shape index (κ1) is 23.7. The van der Waals surface area contributed by atoms with Gasteiger partial charge in [-0.1, -0.05) is 13.0 Å². The van der Waals surface area contributed by atoms with E-state index in [0.717, 1.165) is 6.07 Å². The first-order chi connectivity index (χ1) is 13.6. The molecule has 0 spiro atoms. The number of benzene rings is 2. The van der Waals surface area contributed by atoms with Crippen molar-refractivity contribution in [3.05, 3.63) is 58.7 Å². The van der Waals surface area contributed by atoms with Crippen molar-refractivity contribution in [2.75, 3.05) is 11.9 Å². The van der Waals surface area contributed by atoms with Crippen LogP contribution in [0.1, 0.15) is 34.0 Å². The minimum Gasteiger partial charge on any atom is -0.322 e. The molecule has 0 fully saturated rings. The second-order valence-electron chi connectivity index (χ2n) is 6.23. The van der Waals surface area contributed by atoms with Crippen LogP contribution in [0.2, 0.25) is 0 Å². The molecule has 0 saturated carbocycles. The zero-order valence-corrected chi connectivity index (χ0v) is 16.4. The number of amides is 1. The summed E-state index contributed by atoms with van der Waals surface area (Å²) in [5.74, 6) is -1.06. The molecule has 0 atom stereocenters. The molecule has 0 saturated heterocycles. The maximum atomic E-state index is 13.0. The van der Waals surface area contributed by atoms with Gasteiger partial charge in [-0.05, 0) is 42.8 Å². The van der Waals surface area contributed by atoms with Gasteiger partial charge in [-0.2, -0.15) is 26.3 Å². The van der Waals surface area contributed by atoms with Crippen molar-refractivity contribution in [2.45, 2.75) is 31.1 Å². The van der Waals surface area contributed by atoms with Crippen molar-refractivity contribution in [1.29, 1.82) is 0 Å². The summed E-state index contributed by atoms with van der Waals surface area (Å²) in [6, 6.07) is 4.16. The van der Waals surface area contributed by atoms with Gasteiger partial charge < -0.3 is 5.32 Å². The van der Waals surface area contributed by atoms with Crippen LogP contribution in [0.15, 0.2) is 41.3 Å². The summed E-state index contributed by atoms with van der Waals surface area (Å²) in [7, 11) is -3.94. The zero-order valence-electron chi connectivity index (χ0n) is 15.6. The predicted molar refractivity (Wildman–Crippen MR) is 96.4 cm³/mol. The molecule has 30 heavy (non-hydrogen) atoms. The number of hydrogen-bond acceptors (Lipinski definition) is 3. The first-order valence-corrected chi connectivity index (χ1v) is 9.84. The smallest absolute Gasteiger partial charge is 0.322 e. The van der Waals surface area contributed by atoms with E-state index in [1.165, 1.54) is 26.0 Å². The number of hydrogen-bond donors (Lipinski definition) is 2. The van der Waals surface area contributed by atoms with E-state index in [9.17, 15) is 39.6 Å². The van der Waals surface area contributed by atoms with Gasteiger partial charge in [0.1, 0.15) is 0 Å². The highest BCUT2D eigenvalue weighted by atomic mass is 32.2. The topological polar surface area (TPSA) is 75.3 Å². The van der Waals surface area contributed by atoms with Crippen molar-refractivity contribution < 1.29 is 39.6 Å². The molecule has 0 radical (unpaired) electrons. The van der Waals surface area contributed by atoms with Crippen LogP contribution in [0.25, 0.3) is 0 Å². The summed E-state index contributed by atoms with van der Waals surface area (Å²) < 4.78 is 104. The van der Waals surface area contributed by atoms with Crippen LogP contribution in [0.4, 0.5) is 32.0 Å². The highest BCUT2D eigenvalue weighted by Crippen LogP contribution is 2.37. The fourth-order valence-electron chi connectivity index (χ4n) is 2.51. The van der Waals surface area contributed by atoms with Crippen LogP contribution in [-0.2, 0) is 22.4 Å². The van der Waals surface area contributed by atoms with Gasteiger partial charge in [-0.3, -0.25) is 4.79 Å². The van der Waals surface area contributed by atoms with Gasteiger partial charge in [0.2, 0.25) is 10.0 Å². The van der Waals surface area contributed by atoms with Gasteiger partial charge in [0.15, 0.2) is 0 Å². The summed E-state index contributed by atoms with van der Waals surface area (Å²) >= 11 is 0. The van der Waals surface area contributed by atoms with Crippen LogP contribution in [0.5, 0.6) is 0 Å². The average molecular weight is 454 g/mol. The molecule has 2 rings (SSSR count). The lowest BCUT2D eigenvalue weighted by Crippen LogP contribution is -2.24. The molecule has 164 valence electrons. The normalized spacial score (nSPS) is 12.7. The summed E-state index contributed by atoms with van der Waals surface area (Å²) in [6.07, 6.45) is -10.1. The van der Waals surface area contributed by atoms with E-state index in [0.29, 0.717) is 12.1 Å². The molecule has 12 heteroatoms. The Morgan fingerprint density at radius 3 is 1.93 bits per heavy atom. The molecule has 0 unspecified atom stereocenters. The van der Waals surface area contributed by atoms with Crippen molar-refractivity contribution >= 4 is 21.6 Å². The first-order valence-electron chi connectivity index (χ1n) is 8.36. The van der Waals surface area contributed by atoms with E-state index < -0.39 is 45.1 Å². The van der Waals surface area contributed by atoms with E-state index in [4.69, 9.17) is 0 Å². The zero-order chi connectivity index (χ0) is 22.9. The number of carbonyl (C=O) groups is 1. The van der Waals surface area contributed by atoms with Crippen molar-refractivity contribution in [2.24, 2.45) is 0 Å². The molecule has 0 aliphatic carbocycles. The summed E-state index contributed by atoms with van der Waals surface area (Å²) in [5.41, 5.74) is -3.87. The molecule has 0 aromatic heterocycles. The molecule has 0 aliphatic rings. The Labute approximate surface area is 168 Å². The summed E-state index contributed by atoms with van der Waals surface area (Å²) in [5, 5.41) is 1.98. The minimum atomic E-state index is -5.07. The van der Waals surface area contributed by atoms with Gasteiger partial charge >= 0.3 is 12.4 Å². The van der Waals surface area contributed by atoms with Gasteiger partial charge in [0, 0.05) is 17.8 Å². The summed E-state index contributed by atoms with van der Waals surface area (Å²) in [4.78, 5) is 12.2. The highest BCUT2D eigenvalue weighted by Gasteiger charge is 2.37. The number of carbonyl (C=O) groups excluding carboxylic acids is 1. The van der Waals surface area contributed by atoms with Crippen LogP contribution in [-0.4, -0.2) is 20.9 Å². The number of rotatable bonds is 5. The highest BCUT2D eigenvalue weighted by molar-refractivity contribution is 7.89. The molecule has 2 aromatic carbocycles. The third kappa shape index (κ3) is 5.51. The fourth-order valence-corrected chi connectivity index (χ4v) is 3.58. The molecular weight excluding hydrogens is 438 g/mol. The van der Waals surface area contributed by atoms with Gasteiger partial charge in [-0.25, -0.2) is 13.1 Å². The third-order valence-electron chi connectivity index (χ3n) is 3.94. The standard InChI is InChI=1S/C18H16F6N2O3S/c1-3-25-30(28,29)14-5-4-10(2)15(9-14)16(27)26-13-7-11(17(19,20)21)6-12(8-13)18(22,23)24/h4-9,25H,3H2,1-2H3,(H,26,27). The van der Waals surface area contributed by atoms with E-state index in [1.807, 2.05) is 5.32 Å². The molecule has 0 aliphatic heterocycles. The van der Waals surface area contributed by atoms with Crippen LogP contribution in [0, 0.1) is 6.92 Å². The Morgan fingerprint density at radius 2 is 1.47 bits per heavy atom. The number of halogens is 6. The molecule has 0 bridgehead atoms. The van der Waals surface area contributed by atoms with Crippen molar-refractivity contribution in [3.8, 4) is 0 Å².